The number of aliphatic imine (C=N–C) groups is 1. The fourth-order valence-corrected chi connectivity index (χ4v) is 4.41. The van der Waals surface area contributed by atoms with Crippen LogP contribution in [0.1, 0.15) is 36.5 Å². The van der Waals surface area contributed by atoms with E-state index in [2.05, 4.69) is 40.5 Å². The van der Waals surface area contributed by atoms with Gasteiger partial charge in [-0.05, 0) is 81.2 Å². The molecule has 1 saturated heterocycles. The molecule has 0 unspecified atom stereocenters. The van der Waals surface area contributed by atoms with Gasteiger partial charge in [0.2, 0.25) is 5.91 Å². The molecule has 0 saturated carbocycles. The van der Waals surface area contributed by atoms with Crippen molar-refractivity contribution in [3.8, 4) is 11.1 Å². The van der Waals surface area contributed by atoms with Crippen LogP contribution in [0.15, 0.2) is 41.4 Å². The number of amidine groups is 2. The van der Waals surface area contributed by atoms with E-state index in [1.807, 2.05) is 25.1 Å². The topological polar surface area (TPSA) is 94.6 Å². The zero-order valence-corrected chi connectivity index (χ0v) is 17.2. The summed E-state index contributed by atoms with van der Waals surface area (Å²) in [5.74, 6) is 0.629. The van der Waals surface area contributed by atoms with E-state index in [9.17, 15) is 4.79 Å². The number of nitrogens with zero attached hydrogens (tertiary/aromatic N) is 2. The summed E-state index contributed by atoms with van der Waals surface area (Å²) in [6.45, 7) is 5.58. The Morgan fingerprint density at radius 1 is 1.21 bits per heavy atom. The third kappa shape index (κ3) is 3.34. The number of amides is 1. The number of benzene rings is 2. The van der Waals surface area contributed by atoms with Gasteiger partial charge in [-0.25, -0.2) is 4.99 Å². The average Bonchev–Trinajstić information content (AvgIpc) is 2.94. The molecular formula is C23H27N5O. The molecular weight excluding hydrogens is 362 g/mol. The lowest BCUT2D eigenvalue weighted by Gasteiger charge is -2.36. The quantitative estimate of drug-likeness (QED) is 0.543. The van der Waals surface area contributed by atoms with E-state index < -0.39 is 5.41 Å². The molecule has 4 rings (SSSR count). The van der Waals surface area contributed by atoms with Crippen LogP contribution in [0, 0.1) is 12.3 Å². The highest BCUT2D eigenvalue weighted by molar-refractivity contribution is 6.07. The Labute approximate surface area is 171 Å². The van der Waals surface area contributed by atoms with Crippen molar-refractivity contribution in [2.45, 2.75) is 32.1 Å². The first-order valence-electron chi connectivity index (χ1n) is 9.95. The zero-order chi connectivity index (χ0) is 20.8. The minimum absolute atomic E-state index is 0.123. The van der Waals surface area contributed by atoms with Crippen LogP contribution in [0.4, 0.5) is 5.69 Å². The molecule has 2 heterocycles. The van der Waals surface area contributed by atoms with Crippen molar-refractivity contribution in [3.63, 3.8) is 0 Å². The zero-order valence-electron chi connectivity index (χ0n) is 17.2. The number of fused-ring (bicyclic) bond motifs is 2. The standard InChI is InChI=1S/C23H27N5O/c1-14-4-5-17(21(25)26-15(2)24)12-18(14)16-6-7-19-20(13-16)27-22(29)23(19)8-10-28(3)11-9-23/h4-7,12-13H,8-11H2,1-3H3,(H,27,29)(H3,24,25,26). The second-order valence-electron chi connectivity index (χ2n) is 8.23. The Kier molecular flexibility index (Phi) is 4.74. The highest BCUT2D eigenvalue weighted by Crippen LogP contribution is 2.46. The number of aryl methyl sites for hydroxylation is 1. The molecule has 0 aliphatic carbocycles. The van der Waals surface area contributed by atoms with Crippen LogP contribution in [0.5, 0.6) is 0 Å². The molecule has 1 amide bonds. The van der Waals surface area contributed by atoms with Gasteiger partial charge in [-0.15, -0.1) is 0 Å². The van der Waals surface area contributed by atoms with Gasteiger partial charge in [0.05, 0.1) is 11.3 Å². The number of likely N-dealkylation sites (tertiary alicyclic amines) is 1. The summed E-state index contributed by atoms with van der Waals surface area (Å²) in [6, 6.07) is 12.1. The van der Waals surface area contributed by atoms with E-state index in [4.69, 9.17) is 11.1 Å². The molecule has 1 fully saturated rings. The van der Waals surface area contributed by atoms with E-state index in [1.54, 1.807) is 6.92 Å². The van der Waals surface area contributed by atoms with Gasteiger partial charge in [0, 0.05) is 11.3 Å². The molecule has 29 heavy (non-hydrogen) atoms. The molecule has 4 N–H and O–H groups in total. The van der Waals surface area contributed by atoms with Crippen LogP contribution in [-0.4, -0.2) is 42.6 Å². The van der Waals surface area contributed by atoms with E-state index >= 15 is 0 Å². The second kappa shape index (κ2) is 7.12. The van der Waals surface area contributed by atoms with Crippen molar-refractivity contribution in [2.24, 2.45) is 10.7 Å². The molecule has 0 atom stereocenters. The maximum Gasteiger partial charge on any atom is 0.235 e. The minimum atomic E-state index is -0.396. The lowest BCUT2D eigenvalue weighted by atomic mass is 9.73. The van der Waals surface area contributed by atoms with Gasteiger partial charge >= 0.3 is 0 Å². The molecule has 6 heteroatoms. The van der Waals surface area contributed by atoms with Crippen LogP contribution in [0.2, 0.25) is 0 Å². The number of piperidine rings is 1. The van der Waals surface area contributed by atoms with Gasteiger partial charge in [-0.1, -0.05) is 24.3 Å². The first-order chi connectivity index (χ1) is 13.8. The predicted molar refractivity (Wildman–Crippen MR) is 118 cm³/mol. The fraction of sp³-hybridized carbons (Fsp3) is 0.348. The summed E-state index contributed by atoms with van der Waals surface area (Å²) in [6.07, 6.45) is 1.70. The summed E-state index contributed by atoms with van der Waals surface area (Å²) in [4.78, 5) is 19.2. The molecule has 2 aromatic rings. The second-order valence-corrected chi connectivity index (χ2v) is 8.23. The van der Waals surface area contributed by atoms with Crippen molar-refractivity contribution < 1.29 is 4.79 Å². The van der Waals surface area contributed by atoms with Crippen molar-refractivity contribution in [1.82, 2.24) is 4.90 Å². The summed E-state index contributed by atoms with van der Waals surface area (Å²) in [5.41, 5.74) is 11.1. The van der Waals surface area contributed by atoms with Gasteiger partial charge in [-0.2, -0.15) is 0 Å². The number of anilines is 1. The molecule has 0 bridgehead atoms. The first-order valence-corrected chi connectivity index (χ1v) is 9.95. The number of nitrogens with two attached hydrogens (primary N) is 1. The largest absolute Gasteiger partial charge is 0.387 e. The summed E-state index contributed by atoms with van der Waals surface area (Å²) in [5, 5.41) is 11.3. The fourth-order valence-electron chi connectivity index (χ4n) is 4.41. The van der Waals surface area contributed by atoms with E-state index in [-0.39, 0.29) is 11.7 Å². The van der Waals surface area contributed by atoms with E-state index in [0.29, 0.717) is 11.4 Å². The number of hydrogen-bond acceptors (Lipinski definition) is 3. The highest BCUT2D eigenvalue weighted by Gasteiger charge is 2.47. The highest BCUT2D eigenvalue weighted by atomic mass is 16.2. The van der Waals surface area contributed by atoms with Crippen LogP contribution >= 0.6 is 0 Å². The third-order valence-electron chi connectivity index (χ3n) is 6.17. The normalized spacial score (nSPS) is 18.6. The SMILES string of the molecule is CC(N)=NC(=N)c1ccc(C)c(-c2ccc3c(c2)NC(=O)C32CCN(C)CC2)c1. The van der Waals surface area contributed by atoms with E-state index in [1.165, 1.54) is 0 Å². The monoisotopic (exact) mass is 389 g/mol. The van der Waals surface area contributed by atoms with Crippen LogP contribution in [-0.2, 0) is 10.2 Å². The number of hydrogen-bond donors (Lipinski definition) is 3. The molecule has 2 aliphatic heterocycles. The van der Waals surface area contributed by atoms with Crippen molar-refractivity contribution in [2.75, 3.05) is 25.5 Å². The molecule has 0 radical (unpaired) electrons. The predicted octanol–water partition coefficient (Wildman–Crippen LogP) is 3.28. The maximum atomic E-state index is 12.9. The maximum absolute atomic E-state index is 12.9. The van der Waals surface area contributed by atoms with Crippen LogP contribution in [0.25, 0.3) is 11.1 Å². The molecule has 0 aromatic heterocycles. The third-order valence-corrected chi connectivity index (χ3v) is 6.17. The Morgan fingerprint density at radius 2 is 1.93 bits per heavy atom. The van der Waals surface area contributed by atoms with Gasteiger partial charge in [0.25, 0.3) is 0 Å². The minimum Gasteiger partial charge on any atom is -0.387 e. The summed E-state index contributed by atoms with van der Waals surface area (Å²) in [7, 11) is 2.10. The Hall–Kier alpha value is -2.99. The average molecular weight is 390 g/mol. The van der Waals surface area contributed by atoms with Crippen LogP contribution in [0.3, 0.4) is 0 Å². The van der Waals surface area contributed by atoms with Gasteiger partial charge < -0.3 is 16.0 Å². The Bertz CT molecular complexity index is 1030. The molecule has 2 aliphatic rings. The Balaban J connectivity index is 1.72. The van der Waals surface area contributed by atoms with Gasteiger partial charge in [0.1, 0.15) is 0 Å². The number of carbonyl (C=O) groups excluding carboxylic acids is 1. The van der Waals surface area contributed by atoms with Gasteiger partial charge in [0.15, 0.2) is 5.84 Å². The molecule has 2 aromatic carbocycles. The molecule has 150 valence electrons. The summed E-state index contributed by atoms with van der Waals surface area (Å²) < 4.78 is 0. The van der Waals surface area contributed by atoms with Crippen molar-refractivity contribution in [1.29, 1.82) is 5.41 Å². The number of rotatable bonds is 2. The lowest BCUT2D eigenvalue weighted by molar-refractivity contribution is -0.122. The molecule has 1 spiro atoms. The smallest absolute Gasteiger partial charge is 0.235 e. The van der Waals surface area contributed by atoms with Crippen molar-refractivity contribution >= 4 is 23.3 Å². The summed E-state index contributed by atoms with van der Waals surface area (Å²) >= 11 is 0. The van der Waals surface area contributed by atoms with E-state index in [0.717, 1.165) is 53.9 Å². The van der Waals surface area contributed by atoms with Crippen molar-refractivity contribution in [3.05, 3.63) is 53.1 Å². The Morgan fingerprint density at radius 3 is 2.62 bits per heavy atom. The number of carbonyl (C=O) groups is 1. The number of nitrogens with one attached hydrogen (secondary N) is 2. The first kappa shape index (κ1) is 19.3. The molecule has 6 nitrogen and oxygen atoms in total. The lowest BCUT2D eigenvalue weighted by Crippen LogP contribution is -2.45. The van der Waals surface area contributed by atoms with Crippen LogP contribution < -0.4 is 11.1 Å². The van der Waals surface area contributed by atoms with Gasteiger partial charge in [-0.3, -0.25) is 10.2 Å².